The molecular formula is C20H24ClN5O2S. The van der Waals surface area contributed by atoms with Crippen LogP contribution >= 0.6 is 22.9 Å². The SMILES string of the molecule is O=C(NCCc1ccc(Cl)cc1)[C@@H]1CCCN(c2nnc(N3CCCC3=O)s2)C1. The van der Waals surface area contributed by atoms with Crippen molar-refractivity contribution >= 4 is 45.0 Å². The number of amides is 2. The van der Waals surface area contributed by atoms with Gasteiger partial charge in [-0.1, -0.05) is 35.1 Å². The maximum absolute atomic E-state index is 12.6. The topological polar surface area (TPSA) is 78.4 Å². The lowest BCUT2D eigenvalue weighted by Gasteiger charge is -2.31. The van der Waals surface area contributed by atoms with Gasteiger partial charge in [0.2, 0.25) is 22.1 Å². The van der Waals surface area contributed by atoms with Gasteiger partial charge in [-0.2, -0.15) is 0 Å². The van der Waals surface area contributed by atoms with E-state index in [-0.39, 0.29) is 17.7 Å². The van der Waals surface area contributed by atoms with E-state index in [0.717, 1.165) is 42.9 Å². The van der Waals surface area contributed by atoms with E-state index >= 15 is 0 Å². The number of nitrogens with one attached hydrogen (secondary N) is 1. The summed E-state index contributed by atoms with van der Waals surface area (Å²) in [5.74, 6) is 0.141. The molecule has 0 radical (unpaired) electrons. The second kappa shape index (κ2) is 9.09. The standard InChI is InChI=1S/C20H24ClN5O2S/c21-16-7-5-14(6-8-16)9-10-22-18(28)15-3-1-11-25(13-15)19-23-24-20(29-19)26-12-2-4-17(26)27/h5-8,15H,1-4,9-13H2,(H,22,28)/t15-/m1/s1. The molecule has 7 nitrogen and oxygen atoms in total. The third-order valence-corrected chi connectivity index (χ3v) is 6.66. The quantitative estimate of drug-likeness (QED) is 0.757. The van der Waals surface area contributed by atoms with Crippen molar-refractivity contribution in [3.63, 3.8) is 0 Å². The highest BCUT2D eigenvalue weighted by Gasteiger charge is 2.29. The lowest BCUT2D eigenvalue weighted by atomic mass is 9.97. The van der Waals surface area contributed by atoms with Crippen LogP contribution in [0.4, 0.5) is 10.3 Å². The Bertz CT molecular complexity index is 872. The first kappa shape index (κ1) is 20.1. The normalized spacial score (nSPS) is 19.6. The van der Waals surface area contributed by atoms with E-state index in [1.54, 1.807) is 4.90 Å². The van der Waals surface area contributed by atoms with E-state index in [2.05, 4.69) is 20.4 Å². The van der Waals surface area contributed by atoms with Crippen molar-refractivity contribution in [3.05, 3.63) is 34.9 Å². The maximum Gasteiger partial charge on any atom is 0.228 e. The molecule has 0 bridgehead atoms. The average Bonchev–Trinajstić information content (AvgIpc) is 3.38. The summed E-state index contributed by atoms with van der Waals surface area (Å²) >= 11 is 7.34. The number of carbonyl (C=O) groups is 2. The summed E-state index contributed by atoms with van der Waals surface area (Å²) in [6, 6.07) is 7.69. The number of hydrogen-bond donors (Lipinski definition) is 1. The molecule has 154 valence electrons. The van der Waals surface area contributed by atoms with E-state index in [0.29, 0.717) is 36.2 Å². The van der Waals surface area contributed by atoms with Crippen LogP contribution in [0.5, 0.6) is 0 Å². The smallest absolute Gasteiger partial charge is 0.228 e. The minimum atomic E-state index is -0.0604. The van der Waals surface area contributed by atoms with Gasteiger partial charge in [0.15, 0.2) is 0 Å². The number of aromatic nitrogens is 2. The van der Waals surface area contributed by atoms with Crippen molar-refractivity contribution < 1.29 is 9.59 Å². The molecule has 29 heavy (non-hydrogen) atoms. The molecular weight excluding hydrogens is 410 g/mol. The molecule has 9 heteroatoms. The zero-order valence-electron chi connectivity index (χ0n) is 16.1. The van der Waals surface area contributed by atoms with E-state index in [1.807, 2.05) is 24.3 Å². The van der Waals surface area contributed by atoms with Crippen molar-refractivity contribution in [3.8, 4) is 0 Å². The molecule has 3 heterocycles. The Kier molecular flexibility index (Phi) is 6.30. The van der Waals surface area contributed by atoms with Gasteiger partial charge in [0.25, 0.3) is 0 Å². The molecule has 2 aliphatic rings. The lowest BCUT2D eigenvalue weighted by molar-refractivity contribution is -0.125. The molecule has 2 amide bonds. The first-order valence-corrected chi connectivity index (χ1v) is 11.2. The summed E-state index contributed by atoms with van der Waals surface area (Å²) in [7, 11) is 0. The van der Waals surface area contributed by atoms with E-state index in [4.69, 9.17) is 11.6 Å². The third kappa shape index (κ3) is 4.87. The molecule has 0 spiro atoms. The molecule has 2 fully saturated rings. The number of hydrogen-bond acceptors (Lipinski definition) is 6. The monoisotopic (exact) mass is 433 g/mol. The predicted molar refractivity (Wildman–Crippen MR) is 115 cm³/mol. The largest absolute Gasteiger partial charge is 0.355 e. The van der Waals surface area contributed by atoms with Crippen LogP contribution in [0, 0.1) is 5.92 Å². The summed E-state index contributed by atoms with van der Waals surface area (Å²) in [6.45, 7) is 2.82. The van der Waals surface area contributed by atoms with Crippen LogP contribution in [0.15, 0.2) is 24.3 Å². The van der Waals surface area contributed by atoms with Crippen molar-refractivity contribution in [2.75, 3.05) is 36.0 Å². The highest BCUT2D eigenvalue weighted by molar-refractivity contribution is 7.19. The molecule has 2 aromatic rings. The first-order valence-electron chi connectivity index (χ1n) is 10.0. The fraction of sp³-hybridized carbons (Fsp3) is 0.500. The number of carbonyl (C=O) groups excluding carboxylic acids is 2. The van der Waals surface area contributed by atoms with E-state index in [9.17, 15) is 9.59 Å². The van der Waals surface area contributed by atoms with Crippen LogP contribution in [-0.4, -0.2) is 48.2 Å². The number of anilines is 2. The van der Waals surface area contributed by atoms with E-state index in [1.165, 1.54) is 11.3 Å². The van der Waals surface area contributed by atoms with Crippen molar-refractivity contribution in [2.45, 2.75) is 32.1 Å². The van der Waals surface area contributed by atoms with Gasteiger partial charge in [-0.25, -0.2) is 0 Å². The molecule has 0 unspecified atom stereocenters. The summed E-state index contributed by atoms with van der Waals surface area (Å²) in [4.78, 5) is 28.4. The molecule has 1 aromatic heterocycles. The van der Waals surface area contributed by atoms with Crippen LogP contribution < -0.4 is 15.1 Å². The Hall–Kier alpha value is -2.19. The zero-order valence-corrected chi connectivity index (χ0v) is 17.7. The number of benzene rings is 1. The highest BCUT2D eigenvalue weighted by Crippen LogP contribution is 2.32. The van der Waals surface area contributed by atoms with Gasteiger partial charge in [0.1, 0.15) is 0 Å². The van der Waals surface area contributed by atoms with Crippen molar-refractivity contribution in [1.29, 1.82) is 0 Å². The maximum atomic E-state index is 12.6. The molecule has 0 saturated carbocycles. The number of piperidine rings is 1. The molecule has 4 rings (SSSR count). The Morgan fingerprint density at radius 2 is 1.97 bits per heavy atom. The number of halogens is 1. The van der Waals surface area contributed by atoms with Crippen LogP contribution in [0.1, 0.15) is 31.2 Å². The average molecular weight is 434 g/mol. The molecule has 1 atom stereocenters. The minimum absolute atomic E-state index is 0.0604. The van der Waals surface area contributed by atoms with Gasteiger partial charge in [0.05, 0.1) is 5.92 Å². The summed E-state index contributed by atoms with van der Waals surface area (Å²) < 4.78 is 0. The van der Waals surface area contributed by atoms with Crippen LogP contribution in [0.25, 0.3) is 0 Å². The van der Waals surface area contributed by atoms with Crippen LogP contribution in [0.3, 0.4) is 0 Å². The molecule has 0 aliphatic carbocycles. The van der Waals surface area contributed by atoms with Crippen LogP contribution in [-0.2, 0) is 16.0 Å². The van der Waals surface area contributed by atoms with E-state index < -0.39 is 0 Å². The Morgan fingerprint density at radius 3 is 2.72 bits per heavy atom. The second-order valence-corrected chi connectivity index (χ2v) is 8.84. The van der Waals surface area contributed by atoms with Gasteiger partial charge < -0.3 is 10.2 Å². The minimum Gasteiger partial charge on any atom is -0.355 e. The summed E-state index contributed by atoms with van der Waals surface area (Å²) in [5.41, 5.74) is 1.15. The van der Waals surface area contributed by atoms with Crippen molar-refractivity contribution in [1.82, 2.24) is 15.5 Å². The number of rotatable bonds is 6. The summed E-state index contributed by atoms with van der Waals surface area (Å²) in [5, 5.41) is 13.7. The molecule has 2 saturated heterocycles. The Balaban J connectivity index is 1.29. The van der Waals surface area contributed by atoms with Gasteiger partial charge in [-0.3, -0.25) is 14.5 Å². The van der Waals surface area contributed by atoms with Gasteiger partial charge in [-0.05, 0) is 43.4 Å². The molecule has 1 N–H and O–H groups in total. The second-order valence-electron chi connectivity index (χ2n) is 7.47. The molecule has 2 aliphatic heterocycles. The Morgan fingerprint density at radius 1 is 1.17 bits per heavy atom. The summed E-state index contributed by atoms with van der Waals surface area (Å²) in [6.07, 6.45) is 4.04. The third-order valence-electron chi connectivity index (χ3n) is 5.40. The predicted octanol–water partition coefficient (Wildman–Crippen LogP) is 2.89. The number of nitrogens with zero attached hydrogens (tertiary/aromatic N) is 4. The fourth-order valence-electron chi connectivity index (χ4n) is 3.79. The van der Waals surface area contributed by atoms with Crippen LogP contribution in [0.2, 0.25) is 5.02 Å². The van der Waals surface area contributed by atoms with Gasteiger partial charge in [-0.15, -0.1) is 10.2 Å². The zero-order chi connectivity index (χ0) is 20.2. The fourth-order valence-corrected chi connectivity index (χ4v) is 4.84. The first-order chi connectivity index (χ1) is 14.1. The highest BCUT2D eigenvalue weighted by atomic mass is 35.5. The van der Waals surface area contributed by atoms with Crippen molar-refractivity contribution in [2.24, 2.45) is 5.92 Å². The lowest BCUT2D eigenvalue weighted by Crippen LogP contribution is -2.43. The van der Waals surface area contributed by atoms with Gasteiger partial charge in [0, 0.05) is 37.6 Å². The molecule has 1 aromatic carbocycles. The Labute approximate surface area is 179 Å². The van der Waals surface area contributed by atoms with Gasteiger partial charge >= 0.3 is 0 Å².